The van der Waals surface area contributed by atoms with Gasteiger partial charge in [0, 0.05) is 18.2 Å². The van der Waals surface area contributed by atoms with E-state index in [-0.39, 0.29) is 0 Å². The molecule has 104 valence electrons. The first-order valence-electron chi connectivity index (χ1n) is 7.15. The van der Waals surface area contributed by atoms with Crippen molar-refractivity contribution in [2.45, 2.75) is 25.7 Å². The molecule has 0 radical (unpaired) electrons. The van der Waals surface area contributed by atoms with Crippen LogP contribution in [0.1, 0.15) is 24.2 Å². The second-order valence-electron chi connectivity index (χ2n) is 5.02. The van der Waals surface area contributed by atoms with E-state index in [0.29, 0.717) is 6.54 Å². The largest absolute Gasteiger partial charge is 0.493 e. The molecular formula is C16H19N3O. The minimum absolute atomic E-state index is 0.670. The summed E-state index contributed by atoms with van der Waals surface area (Å²) in [6, 6.07) is 8.26. The molecule has 20 heavy (non-hydrogen) atoms. The Balaban J connectivity index is 1.88. The van der Waals surface area contributed by atoms with Crippen LogP contribution in [0.3, 0.4) is 0 Å². The van der Waals surface area contributed by atoms with Crippen molar-refractivity contribution in [3.63, 3.8) is 0 Å². The first kappa shape index (κ1) is 13.1. The highest BCUT2D eigenvalue weighted by Gasteiger charge is 2.12. The number of hydrogen-bond donors (Lipinski definition) is 1. The maximum Gasteiger partial charge on any atom is 0.128 e. The van der Waals surface area contributed by atoms with Crippen LogP contribution in [0, 0.1) is 0 Å². The van der Waals surface area contributed by atoms with Gasteiger partial charge in [0.15, 0.2) is 0 Å². The predicted molar refractivity (Wildman–Crippen MR) is 78.7 cm³/mol. The molecule has 0 saturated carbocycles. The van der Waals surface area contributed by atoms with E-state index in [0.717, 1.165) is 55.1 Å². The van der Waals surface area contributed by atoms with Crippen molar-refractivity contribution >= 4 is 0 Å². The van der Waals surface area contributed by atoms with E-state index in [1.165, 1.54) is 5.56 Å². The minimum atomic E-state index is 0.670. The van der Waals surface area contributed by atoms with Crippen molar-refractivity contribution in [1.82, 2.24) is 9.97 Å². The van der Waals surface area contributed by atoms with E-state index < -0.39 is 0 Å². The number of hydrogen-bond acceptors (Lipinski definition) is 4. The van der Waals surface area contributed by atoms with Crippen LogP contribution >= 0.6 is 0 Å². The molecule has 1 aliphatic heterocycles. The Bertz CT molecular complexity index is 598. The molecule has 4 nitrogen and oxygen atoms in total. The van der Waals surface area contributed by atoms with Gasteiger partial charge in [0.2, 0.25) is 0 Å². The van der Waals surface area contributed by atoms with E-state index in [2.05, 4.69) is 22.1 Å². The Morgan fingerprint density at radius 3 is 3.10 bits per heavy atom. The molecule has 0 spiro atoms. The lowest BCUT2D eigenvalue weighted by Gasteiger charge is -2.17. The molecule has 0 unspecified atom stereocenters. The molecule has 2 aromatic rings. The predicted octanol–water partition coefficient (Wildman–Crippen LogP) is 2.36. The fourth-order valence-electron chi connectivity index (χ4n) is 2.46. The number of aromatic nitrogens is 2. The van der Waals surface area contributed by atoms with Crippen LogP contribution in [-0.2, 0) is 12.8 Å². The van der Waals surface area contributed by atoms with Gasteiger partial charge in [0.25, 0.3) is 0 Å². The number of aryl methyl sites for hydroxylation is 2. The van der Waals surface area contributed by atoms with Crippen LogP contribution in [0.4, 0.5) is 0 Å². The Morgan fingerprint density at radius 1 is 1.25 bits per heavy atom. The third-order valence-corrected chi connectivity index (χ3v) is 3.51. The van der Waals surface area contributed by atoms with Crippen molar-refractivity contribution in [2.75, 3.05) is 13.2 Å². The Morgan fingerprint density at radius 2 is 2.20 bits per heavy atom. The Hall–Kier alpha value is -1.94. The van der Waals surface area contributed by atoms with E-state index in [1.54, 1.807) is 0 Å². The number of nitrogens with two attached hydrogens (primary N) is 1. The summed E-state index contributed by atoms with van der Waals surface area (Å²) in [5.41, 5.74) is 8.91. The van der Waals surface area contributed by atoms with E-state index in [1.807, 2.05) is 18.3 Å². The highest BCUT2D eigenvalue weighted by Crippen LogP contribution is 2.29. The fourth-order valence-corrected chi connectivity index (χ4v) is 2.46. The number of rotatable bonds is 4. The van der Waals surface area contributed by atoms with Gasteiger partial charge in [-0.1, -0.05) is 0 Å². The second-order valence-corrected chi connectivity index (χ2v) is 5.02. The van der Waals surface area contributed by atoms with Gasteiger partial charge in [-0.25, -0.2) is 9.97 Å². The SMILES string of the molecule is NCCCc1nccc(-c2ccc3c(c2)CCCO3)n1. The van der Waals surface area contributed by atoms with Crippen molar-refractivity contribution in [1.29, 1.82) is 0 Å². The number of fused-ring (bicyclic) bond motifs is 1. The first-order chi connectivity index (χ1) is 9.86. The molecular weight excluding hydrogens is 250 g/mol. The number of ether oxygens (including phenoxy) is 1. The van der Waals surface area contributed by atoms with Gasteiger partial charge in [-0.05, 0) is 55.6 Å². The molecule has 4 heteroatoms. The summed E-state index contributed by atoms with van der Waals surface area (Å²) in [7, 11) is 0. The summed E-state index contributed by atoms with van der Waals surface area (Å²) in [4.78, 5) is 8.92. The monoisotopic (exact) mass is 269 g/mol. The quantitative estimate of drug-likeness (QED) is 0.925. The van der Waals surface area contributed by atoms with Gasteiger partial charge in [-0.15, -0.1) is 0 Å². The van der Waals surface area contributed by atoms with Crippen LogP contribution in [0.25, 0.3) is 11.3 Å². The zero-order valence-electron chi connectivity index (χ0n) is 11.5. The highest BCUT2D eigenvalue weighted by atomic mass is 16.5. The van der Waals surface area contributed by atoms with Gasteiger partial charge >= 0.3 is 0 Å². The molecule has 0 saturated heterocycles. The maximum atomic E-state index is 5.64. The van der Waals surface area contributed by atoms with Crippen molar-refractivity contribution in [3.8, 4) is 17.0 Å². The normalized spacial score (nSPS) is 13.7. The van der Waals surface area contributed by atoms with E-state index >= 15 is 0 Å². The van der Waals surface area contributed by atoms with Crippen molar-refractivity contribution < 1.29 is 4.74 Å². The molecule has 2 N–H and O–H groups in total. The second kappa shape index (κ2) is 6.01. The van der Waals surface area contributed by atoms with Gasteiger partial charge in [-0.2, -0.15) is 0 Å². The number of benzene rings is 1. The van der Waals surface area contributed by atoms with Gasteiger partial charge in [0.1, 0.15) is 11.6 Å². The van der Waals surface area contributed by atoms with Crippen LogP contribution in [0.2, 0.25) is 0 Å². The molecule has 0 atom stereocenters. The van der Waals surface area contributed by atoms with Crippen LogP contribution in [-0.4, -0.2) is 23.1 Å². The molecule has 2 heterocycles. The summed E-state index contributed by atoms with van der Waals surface area (Å²) in [5, 5.41) is 0. The van der Waals surface area contributed by atoms with Crippen LogP contribution in [0.15, 0.2) is 30.5 Å². The third-order valence-electron chi connectivity index (χ3n) is 3.51. The molecule has 0 amide bonds. The first-order valence-corrected chi connectivity index (χ1v) is 7.15. The molecule has 0 bridgehead atoms. The molecule has 0 fully saturated rings. The molecule has 1 aliphatic rings. The zero-order chi connectivity index (χ0) is 13.8. The van der Waals surface area contributed by atoms with Crippen LogP contribution < -0.4 is 10.5 Å². The topological polar surface area (TPSA) is 61.0 Å². The average molecular weight is 269 g/mol. The van der Waals surface area contributed by atoms with E-state index in [4.69, 9.17) is 10.5 Å². The lowest BCUT2D eigenvalue weighted by molar-refractivity contribution is 0.288. The smallest absolute Gasteiger partial charge is 0.128 e. The lowest BCUT2D eigenvalue weighted by Crippen LogP contribution is -2.08. The molecule has 1 aromatic carbocycles. The highest BCUT2D eigenvalue weighted by molar-refractivity contribution is 5.62. The standard InChI is InChI=1S/C16H19N3O/c17-8-1-4-16-18-9-7-14(19-16)12-5-6-15-13(11-12)3-2-10-20-15/h5-7,9,11H,1-4,8,10,17H2. The molecule has 0 aliphatic carbocycles. The molecule has 3 rings (SSSR count). The summed E-state index contributed by atoms with van der Waals surface area (Å²) in [5.74, 6) is 1.87. The summed E-state index contributed by atoms with van der Waals surface area (Å²) < 4.78 is 5.64. The Kier molecular flexibility index (Phi) is 3.92. The van der Waals surface area contributed by atoms with Gasteiger partial charge in [-0.3, -0.25) is 0 Å². The van der Waals surface area contributed by atoms with Gasteiger partial charge < -0.3 is 10.5 Å². The lowest BCUT2D eigenvalue weighted by atomic mass is 10.0. The Labute approximate surface area is 119 Å². The van der Waals surface area contributed by atoms with Crippen LogP contribution in [0.5, 0.6) is 5.75 Å². The zero-order valence-corrected chi connectivity index (χ0v) is 11.5. The maximum absolute atomic E-state index is 5.64. The van der Waals surface area contributed by atoms with Gasteiger partial charge in [0.05, 0.1) is 12.3 Å². The minimum Gasteiger partial charge on any atom is -0.493 e. The van der Waals surface area contributed by atoms with Crippen molar-refractivity contribution in [2.24, 2.45) is 5.73 Å². The summed E-state index contributed by atoms with van der Waals surface area (Å²) >= 11 is 0. The van der Waals surface area contributed by atoms with E-state index in [9.17, 15) is 0 Å². The third kappa shape index (κ3) is 2.80. The molecule has 1 aromatic heterocycles. The number of nitrogens with zero attached hydrogens (tertiary/aromatic N) is 2. The van der Waals surface area contributed by atoms with Crippen molar-refractivity contribution in [3.05, 3.63) is 41.9 Å². The average Bonchev–Trinajstić information content (AvgIpc) is 2.53. The summed E-state index contributed by atoms with van der Waals surface area (Å²) in [6.45, 7) is 1.49. The fraction of sp³-hybridized carbons (Fsp3) is 0.375. The summed E-state index contributed by atoms with van der Waals surface area (Å²) in [6.07, 6.45) is 5.74.